The summed E-state index contributed by atoms with van der Waals surface area (Å²) in [5.41, 5.74) is 1.32. The lowest BCUT2D eigenvalue weighted by molar-refractivity contribution is 0.0980. The number of benzene rings is 2. The van der Waals surface area contributed by atoms with Crippen LogP contribution in [0, 0.1) is 18.6 Å². The molecule has 2 aromatic carbocycles. The molecule has 1 heterocycles. The molecule has 0 aliphatic heterocycles. The van der Waals surface area contributed by atoms with Crippen molar-refractivity contribution in [2.75, 3.05) is 6.26 Å². The lowest BCUT2D eigenvalue weighted by Crippen LogP contribution is -2.17. The van der Waals surface area contributed by atoms with E-state index in [0.717, 1.165) is 35.3 Å². The molecule has 0 aliphatic carbocycles. The van der Waals surface area contributed by atoms with Crippen LogP contribution in [-0.4, -0.2) is 21.9 Å². The van der Waals surface area contributed by atoms with E-state index in [0.29, 0.717) is 5.75 Å². The monoisotopic (exact) mass is 389 g/mol. The molecule has 140 valence electrons. The number of hydrogen-bond acceptors (Lipinski definition) is 4. The molecule has 0 fully saturated rings. The number of hydrogen-bond donors (Lipinski definition) is 1. The minimum Gasteiger partial charge on any atom is -0.488 e. The number of aromatic nitrogens is 2. The number of amides is 1. The van der Waals surface area contributed by atoms with E-state index in [1.807, 2.05) is 13.0 Å². The normalized spacial score (nSPS) is 10.7. The zero-order valence-corrected chi connectivity index (χ0v) is 15.5. The van der Waals surface area contributed by atoms with Gasteiger partial charge in [-0.05, 0) is 37.3 Å². The average Bonchev–Trinajstić information content (AvgIpc) is 3.17. The van der Waals surface area contributed by atoms with Gasteiger partial charge in [-0.15, -0.1) is 0 Å². The first-order valence-electron chi connectivity index (χ1n) is 8.05. The molecule has 0 bridgehead atoms. The van der Waals surface area contributed by atoms with Gasteiger partial charge in [0.2, 0.25) is 0 Å². The van der Waals surface area contributed by atoms with Crippen molar-refractivity contribution in [3.05, 3.63) is 77.1 Å². The van der Waals surface area contributed by atoms with Gasteiger partial charge in [0.15, 0.2) is 0 Å². The Bertz CT molecular complexity index is 962. The van der Waals surface area contributed by atoms with Crippen molar-refractivity contribution in [1.29, 1.82) is 0 Å². The molecule has 0 spiro atoms. The third kappa shape index (κ3) is 4.11. The van der Waals surface area contributed by atoms with Crippen molar-refractivity contribution < 1.29 is 18.3 Å². The third-order valence-electron chi connectivity index (χ3n) is 3.97. The summed E-state index contributed by atoms with van der Waals surface area (Å²) in [6.07, 6.45) is 5.09. The minimum absolute atomic E-state index is 0.0251. The molecule has 0 saturated heterocycles. The third-order valence-corrected chi connectivity index (χ3v) is 4.35. The van der Waals surface area contributed by atoms with Crippen LogP contribution in [-0.2, 0) is 6.61 Å². The fourth-order valence-corrected chi connectivity index (χ4v) is 2.89. The standard InChI is InChI=1S/C19H17F2N3O2S/c1-12-17(24-8-4-7-22-24)5-3-6-18(12)26-11-13-9-16(21)14(10-15(13)20)19(25)23-27-2/h3-10H,11H2,1-2H3,(H,23,25). The Morgan fingerprint density at radius 2 is 2.07 bits per heavy atom. The van der Waals surface area contributed by atoms with Crippen LogP contribution in [0.15, 0.2) is 48.8 Å². The predicted octanol–water partition coefficient (Wildman–Crippen LogP) is 4.05. The van der Waals surface area contributed by atoms with E-state index in [1.54, 1.807) is 41.5 Å². The Labute approximate surface area is 159 Å². The van der Waals surface area contributed by atoms with Crippen molar-refractivity contribution in [3.8, 4) is 11.4 Å². The summed E-state index contributed by atoms with van der Waals surface area (Å²) in [5, 5.41) is 4.19. The van der Waals surface area contributed by atoms with Gasteiger partial charge in [0.1, 0.15) is 24.0 Å². The van der Waals surface area contributed by atoms with Gasteiger partial charge in [-0.2, -0.15) is 5.10 Å². The van der Waals surface area contributed by atoms with Gasteiger partial charge in [0.05, 0.1) is 11.3 Å². The van der Waals surface area contributed by atoms with Gasteiger partial charge >= 0.3 is 0 Å². The highest BCUT2D eigenvalue weighted by Gasteiger charge is 2.17. The highest BCUT2D eigenvalue weighted by atomic mass is 32.2. The van der Waals surface area contributed by atoms with Gasteiger partial charge in [-0.1, -0.05) is 18.0 Å². The number of halogens is 2. The largest absolute Gasteiger partial charge is 0.488 e. The van der Waals surface area contributed by atoms with Gasteiger partial charge in [0.25, 0.3) is 5.91 Å². The molecule has 0 unspecified atom stereocenters. The fraction of sp³-hybridized carbons (Fsp3) is 0.158. The minimum atomic E-state index is -0.802. The van der Waals surface area contributed by atoms with Crippen molar-refractivity contribution in [3.63, 3.8) is 0 Å². The highest BCUT2D eigenvalue weighted by Crippen LogP contribution is 2.25. The van der Waals surface area contributed by atoms with Crippen molar-refractivity contribution in [2.45, 2.75) is 13.5 Å². The van der Waals surface area contributed by atoms with Crippen LogP contribution >= 0.6 is 11.9 Å². The quantitative estimate of drug-likeness (QED) is 0.647. The Morgan fingerprint density at radius 3 is 2.78 bits per heavy atom. The second kappa shape index (κ2) is 8.22. The summed E-state index contributed by atoms with van der Waals surface area (Å²) >= 11 is 1.01. The molecule has 27 heavy (non-hydrogen) atoms. The highest BCUT2D eigenvalue weighted by molar-refractivity contribution is 7.97. The summed E-state index contributed by atoms with van der Waals surface area (Å²) < 4.78 is 38.2. The Kier molecular flexibility index (Phi) is 5.75. The molecule has 0 saturated carbocycles. The molecular formula is C19H17F2N3O2S. The molecule has 1 N–H and O–H groups in total. The lowest BCUT2D eigenvalue weighted by Gasteiger charge is -2.14. The Balaban J connectivity index is 1.80. The lowest BCUT2D eigenvalue weighted by atomic mass is 10.1. The number of nitrogens with one attached hydrogen (secondary N) is 1. The number of nitrogens with zero attached hydrogens (tertiary/aromatic N) is 2. The summed E-state index contributed by atoms with van der Waals surface area (Å²) in [7, 11) is 0. The van der Waals surface area contributed by atoms with Crippen LogP contribution in [0.2, 0.25) is 0 Å². The molecule has 0 atom stereocenters. The van der Waals surface area contributed by atoms with Crippen LogP contribution in [0.3, 0.4) is 0 Å². The van der Waals surface area contributed by atoms with Crippen molar-refractivity contribution >= 4 is 17.9 Å². The van der Waals surface area contributed by atoms with E-state index in [1.165, 1.54) is 0 Å². The summed E-state index contributed by atoms with van der Waals surface area (Å²) in [6.45, 7) is 1.69. The second-order valence-electron chi connectivity index (χ2n) is 5.70. The van der Waals surface area contributed by atoms with E-state index in [9.17, 15) is 13.6 Å². The molecule has 1 amide bonds. The van der Waals surface area contributed by atoms with E-state index in [4.69, 9.17) is 4.74 Å². The number of rotatable bonds is 6. The molecule has 1 aromatic heterocycles. The van der Waals surface area contributed by atoms with E-state index in [2.05, 4.69) is 9.82 Å². The fourth-order valence-electron chi connectivity index (χ4n) is 2.59. The zero-order chi connectivity index (χ0) is 19.4. The van der Waals surface area contributed by atoms with E-state index < -0.39 is 17.5 Å². The average molecular weight is 389 g/mol. The van der Waals surface area contributed by atoms with Crippen LogP contribution in [0.25, 0.3) is 5.69 Å². The first-order chi connectivity index (χ1) is 13.0. The van der Waals surface area contributed by atoms with Crippen LogP contribution < -0.4 is 9.46 Å². The van der Waals surface area contributed by atoms with Crippen LogP contribution in [0.4, 0.5) is 8.78 Å². The topological polar surface area (TPSA) is 56.1 Å². The van der Waals surface area contributed by atoms with Crippen LogP contribution in [0.1, 0.15) is 21.5 Å². The SMILES string of the molecule is CSNC(=O)c1cc(F)c(COc2cccc(-n3cccn3)c2C)cc1F. The van der Waals surface area contributed by atoms with E-state index in [-0.39, 0.29) is 17.7 Å². The molecule has 8 heteroatoms. The van der Waals surface area contributed by atoms with Gasteiger partial charge < -0.3 is 4.74 Å². The predicted molar refractivity (Wildman–Crippen MR) is 100.0 cm³/mol. The molecule has 3 rings (SSSR count). The van der Waals surface area contributed by atoms with Gasteiger partial charge in [-0.25, -0.2) is 13.5 Å². The molecule has 0 aliphatic rings. The summed E-state index contributed by atoms with van der Waals surface area (Å²) in [6, 6.07) is 9.10. The van der Waals surface area contributed by atoms with Gasteiger partial charge in [-0.3, -0.25) is 9.52 Å². The maximum Gasteiger partial charge on any atom is 0.264 e. The molecular weight excluding hydrogens is 372 g/mol. The first-order valence-corrected chi connectivity index (χ1v) is 9.27. The number of ether oxygens (including phenoxy) is 1. The second-order valence-corrected chi connectivity index (χ2v) is 6.31. The summed E-state index contributed by atoms with van der Waals surface area (Å²) in [4.78, 5) is 11.7. The number of carbonyl (C=O) groups excluding carboxylic acids is 1. The molecule has 3 aromatic rings. The van der Waals surface area contributed by atoms with Gasteiger partial charge in [0, 0.05) is 29.8 Å². The maximum atomic E-state index is 14.3. The van der Waals surface area contributed by atoms with Crippen LogP contribution in [0.5, 0.6) is 5.75 Å². The van der Waals surface area contributed by atoms with E-state index >= 15 is 0 Å². The zero-order valence-electron chi connectivity index (χ0n) is 14.7. The Hall–Kier alpha value is -2.87. The first kappa shape index (κ1) is 18.9. The molecule has 0 radical (unpaired) electrons. The van der Waals surface area contributed by atoms with Crippen molar-refractivity contribution in [1.82, 2.24) is 14.5 Å². The Morgan fingerprint density at radius 1 is 1.26 bits per heavy atom. The smallest absolute Gasteiger partial charge is 0.264 e. The van der Waals surface area contributed by atoms with Crippen molar-refractivity contribution in [2.24, 2.45) is 0 Å². The molecule has 5 nitrogen and oxygen atoms in total. The number of carbonyl (C=O) groups is 1. The maximum absolute atomic E-state index is 14.3. The summed E-state index contributed by atoms with van der Waals surface area (Å²) in [5.74, 6) is -1.66.